The van der Waals surface area contributed by atoms with Gasteiger partial charge in [0, 0.05) is 19.2 Å². The minimum Gasteiger partial charge on any atom is -0.355 e. The number of carbonyl (C=O) groups excluding carboxylic acids is 1. The summed E-state index contributed by atoms with van der Waals surface area (Å²) in [7, 11) is 5.75. The molecule has 3 heteroatoms. The first-order chi connectivity index (χ1) is 8.13. The normalized spacial score (nSPS) is 9.53. The third-order valence-electron chi connectivity index (χ3n) is 2.29. The van der Waals surface area contributed by atoms with Crippen LogP contribution in [0.5, 0.6) is 0 Å². The average Bonchev–Trinajstić information content (AvgIpc) is 2.38. The summed E-state index contributed by atoms with van der Waals surface area (Å²) < 4.78 is 0. The van der Waals surface area contributed by atoms with Gasteiger partial charge in [0.05, 0.1) is 0 Å². The van der Waals surface area contributed by atoms with E-state index in [0.29, 0.717) is 5.56 Å². The van der Waals surface area contributed by atoms with Gasteiger partial charge < -0.3 is 10.2 Å². The third kappa shape index (κ3) is 6.07. The lowest BCUT2D eigenvalue weighted by atomic mass is 10.1. The molecule has 0 atom stereocenters. The SMILES string of the molecule is CC.CNC(=O)c1ccc(CCN(C)C)cc1. The summed E-state index contributed by atoms with van der Waals surface area (Å²) in [5.41, 5.74) is 1.97. The van der Waals surface area contributed by atoms with Crippen LogP contribution in [0.2, 0.25) is 0 Å². The summed E-state index contributed by atoms with van der Waals surface area (Å²) in [4.78, 5) is 13.4. The van der Waals surface area contributed by atoms with E-state index in [0.717, 1.165) is 13.0 Å². The summed E-state index contributed by atoms with van der Waals surface area (Å²) in [5, 5.41) is 2.60. The number of carbonyl (C=O) groups is 1. The van der Waals surface area contributed by atoms with Gasteiger partial charge in [-0.15, -0.1) is 0 Å². The number of nitrogens with zero attached hydrogens (tertiary/aromatic N) is 1. The Labute approximate surface area is 105 Å². The van der Waals surface area contributed by atoms with Crippen molar-refractivity contribution in [2.45, 2.75) is 20.3 Å². The fourth-order valence-corrected chi connectivity index (χ4v) is 1.32. The Balaban J connectivity index is 0.00000121. The van der Waals surface area contributed by atoms with E-state index in [9.17, 15) is 4.79 Å². The lowest BCUT2D eigenvalue weighted by Gasteiger charge is -2.09. The molecule has 1 aromatic rings. The highest BCUT2D eigenvalue weighted by atomic mass is 16.1. The van der Waals surface area contributed by atoms with Crippen molar-refractivity contribution in [2.75, 3.05) is 27.7 Å². The smallest absolute Gasteiger partial charge is 0.251 e. The number of likely N-dealkylation sites (N-methyl/N-ethyl adjacent to an activating group) is 1. The van der Waals surface area contributed by atoms with Crippen molar-refractivity contribution in [3.8, 4) is 0 Å². The van der Waals surface area contributed by atoms with E-state index in [4.69, 9.17) is 0 Å². The van der Waals surface area contributed by atoms with Gasteiger partial charge in [-0.2, -0.15) is 0 Å². The molecule has 0 aliphatic carbocycles. The second-order valence-electron chi connectivity index (χ2n) is 3.83. The van der Waals surface area contributed by atoms with Crippen LogP contribution in [0.15, 0.2) is 24.3 Å². The predicted molar refractivity (Wildman–Crippen MR) is 73.4 cm³/mol. The lowest BCUT2D eigenvalue weighted by molar-refractivity contribution is 0.0963. The van der Waals surface area contributed by atoms with Crippen molar-refractivity contribution in [3.05, 3.63) is 35.4 Å². The van der Waals surface area contributed by atoms with Gasteiger partial charge in [-0.05, 0) is 38.2 Å². The van der Waals surface area contributed by atoms with Gasteiger partial charge in [0.15, 0.2) is 0 Å². The monoisotopic (exact) mass is 236 g/mol. The molecule has 0 aliphatic rings. The van der Waals surface area contributed by atoms with Crippen LogP contribution in [-0.2, 0) is 6.42 Å². The molecular weight excluding hydrogens is 212 g/mol. The molecule has 17 heavy (non-hydrogen) atoms. The molecule has 0 aliphatic heterocycles. The maximum atomic E-state index is 11.3. The van der Waals surface area contributed by atoms with Crippen molar-refractivity contribution >= 4 is 5.91 Å². The summed E-state index contributed by atoms with van der Waals surface area (Å²) in [6.07, 6.45) is 1.01. The molecule has 0 spiro atoms. The lowest BCUT2D eigenvalue weighted by Crippen LogP contribution is -2.18. The van der Waals surface area contributed by atoms with Crippen molar-refractivity contribution in [1.29, 1.82) is 0 Å². The predicted octanol–water partition coefficient (Wildman–Crippen LogP) is 2.18. The molecule has 0 bridgehead atoms. The molecule has 0 saturated heterocycles. The van der Waals surface area contributed by atoms with Crippen LogP contribution in [0.4, 0.5) is 0 Å². The van der Waals surface area contributed by atoms with E-state index in [1.54, 1.807) is 7.05 Å². The summed E-state index contributed by atoms with van der Waals surface area (Å²) in [6.45, 7) is 5.03. The van der Waals surface area contributed by atoms with E-state index >= 15 is 0 Å². The zero-order chi connectivity index (χ0) is 13.3. The van der Waals surface area contributed by atoms with E-state index in [1.165, 1.54) is 5.56 Å². The van der Waals surface area contributed by atoms with Gasteiger partial charge >= 0.3 is 0 Å². The first-order valence-electron chi connectivity index (χ1n) is 6.09. The van der Waals surface area contributed by atoms with Crippen LogP contribution in [-0.4, -0.2) is 38.5 Å². The zero-order valence-electron chi connectivity index (χ0n) is 11.6. The molecule has 0 saturated carbocycles. The number of hydrogen-bond acceptors (Lipinski definition) is 2. The second-order valence-corrected chi connectivity index (χ2v) is 3.83. The summed E-state index contributed by atoms with van der Waals surface area (Å²) in [6, 6.07) is 7.75. The van der Waals surface area contributed by atoms with Gasteiger partial charge in [-0.1, -0.05) is 26.0 Å². The molecule has 0 heterocycles. The Bertz CT molecular complexity index is 317. The highest BCUT2D eigenvalue weighted by Gasteiger charge is 2.02. The summed E-state index contributed by atoms with van der Waals surface area (Å²) in [5.74, 6) is -0.0332. The maximum Gasteiger partial charge on any atom is 0.251 e. The Morgan fingerprint density at radius 1 is 1.18 bits per heavy atom. The van der Waals surface area contributed by atoms with Gasteiger partial charge in [0.25, 0.3) is 5.91 Å². The Hall–Kier alpha value is -1.35. The number of hydrogen-bond donors (Lipinski definition) is 1. The first kappa shape index (κ1) is 15.7. The maximum absolute atomic E-state index is 11.3. The number of benzene rings is 1. The molecule has 1 amide bonds. The van der Waals surface area contributed by atoms with E-state index in [1.807, 2.05) is 38.1 Å². The molecule has 1 N–H and O–H groups in total. The van der Waals surface area contributed by atoms with Crippen molar-refractivity contribution in [3.63, 3.8) is 0 Å². The van der Waals surface area contributed by atoms with Crippen molar-refractivity contribution in [1.82, 2.24) is 10.2 Å². The highest BCUT2D eigenvalue weighted by molar-refractivity contribution is 5.93. The summed E-state index contributed by atoms with van der Waals surface area (Å²) >= 11 is 0. The Kier molecular flexibility index (Phi) is 8.07. The topological polar surface area (TPSA) is 32.3 Å². The minimum atomic E-state index is -0.0332. The molecular formula is C14H24N2O. The van der Waals surface area contributed by atoms with Crippen LogP contribution >= 0.6 is 0 Å². The van der Waals surface area contributed by atoms with Crippen molar-refractivity contribution < 1.29 is 4.79 Å². The number of amides is 1. The standard InChI is InChI=1S/C12H18N2O.C2H6/c1-13-12(15)11-6-4-10(5-7-11)8-9-14(2)3;1-2/h4-7H,8-9H2,1-3H3,(H,13,15);1-2H3. The molecule has 1 aromatic carbocycles. The van der Waals surface area contributed by atoms with Gasteiger partial charge in [-0.25, -0.2) is 0 Å². The van der Waals surface area contributed by atoms with E-state index < -0.39 is 0 Å². The molecule has 0 radical (unpaired) electrons. The van der Waals surface area contributed by atoms with Gasteiger partial charge in [0.1, 0.15) is 0 Å². The number of nitrogens with one attached hydrogen (secondary N) is 1. The molecule has 0 fully saturated rings. The third-order valence-corrected chi connectivity index (χ3v) is 2.29. The second kappa shape index (κ2) is 8.76. The fourth-order valence-electron chi connectivity index (χ4n) is 1.32. The van der Waals surface area contributed by atoms with Crippen LogP contribution in [0.25, 0.3) is 0 Å². The van der Waals surface area contributed by atoms with Gasteiger partial charge in [-0.3, -0.25) is 4.79 Å². The van der Waals surface area contributed by atoms with Crippen LogP contribution in [0, 0.1) is 0 Å². The van der Waals surface area contributed by atoms with Gasteiger partial charge in [0.2, 0.25) is 0 Å². The molecule has 0 aromatic heterocycles. The Morgan fingerprint density at radius 2 is 1.71 bits per heavy atom. The molecule has 96 valence electrons. The van der Waals surface area contributed by atoms with E-state index in [-0.39, 0.29) is 5.91 Å². The van der Waals surface area contributed by atoms with Crippen LogP contribution < -0.4 is 5.32 Å². The van der Waals surface area contributed by atoms with Crippen molar-refractivity contribution in [2.24, 2.45) is 0 Å². The molecule has 0 unspecified atom stereocenters. The largest absolute Gasteiger partial charge is 0.355 e. The quantitative estimate of drug-likeness (QED) is 0.869. The Morgan fingerprint density at radius 3 is 2.12 bits per heavy atom. The highest BCUT2D eigenvalue weighted by Crippen LogP contribution is 2.05. The molecule has 3 nitrogen and oxygen atoms in total. The van der Waals surface area contributed by atoms with Crippen LogP contribution in [0.3, 0.4) is 0 Å². The van der Waals surface area contributed by atoms with E-state index in [2.05, 4.69) is 24.3 Å². The average molecular weight is 236 g/mol. The fraction of sp³-hybridized carbons (Fsp3) is 0.500. The minimum absolute atomic E-state index is 0.0332. The number of rotatable bonds is 4. The molecule has 1 rings (SSSR count). The first-order valence-corrected chi connectivity index (χ1v) is 6.09. The zero-order valence-corrected chi connectivity index (χ0v) is 11.6. The van der Waals surface area contributed by atoms with Crippen LogP contribution in [0.1, 0.15) is 29.8 Å².